The Balaban J connectivity index is 2.92. The van der Waals surface area contributed by atoms with E-state index in [2.05, 4.69) is 20.7 Å². The zero-order valence-electron chi connectivity index (χ0n) is 9.90. The molecular formula is C9H12BrClN2O3S2. The second kappa shape index (κ2) is 5.87. The summed E-state index contributed by atoms with van der Waals surface area (Å²) in [6, 6.07) is 0.510. The van der Waals surface area contributed by atoms with E-state index in [-0.39, 0.29) is 10.1 Å². The van der Waals surface area contributed by atoms with E-state index in [1.54, 1.807) is 14.1 Å². The third-order valence-electron chi connectivity index (χ3n) is 2.03. The van der Waals surface area contributed by atoms with Crippen LogP contribution in [0.25, 0.3) is 0 Å². The van der Waals surface area contributed by atoms with Crippen LogP contribution in [-0.4, -0.2) is 39.4 Å². The molecule has 1 aromatic rings. The van der Waals surface area contributed by atoms with Crippen molar-refractivity contribution in [1.29, 1.82) is 0 Å². The Hall–Kier alpha value is -0.150. The molecule has 0 radical (unpaired) electrons. The zero-order valence-corrected chi connectivity index (χ0v) is 13.9. The summed E-state index contributed by atoms with van der Waals surface area (Å²) in [4.78, 5) is 12.9. The molecule has 0 aromatic carbocycles. The number of nitrogens with one attached hydrogen (secondary N) is 1. The molecule has 0 aliphatic heterocycles. The molecule has 0 aliphatic carbocycles. The largest absolute Gasteiger partial charge is 0.347 e. The molecule has 1 atom stereocenters. The van der Waals surface area contributed by atoms with Crippen LogP contribution in [0.5, 0.6) is 0 Å². The van der Waals surface area contributed by atoms with Crippen molar-refractivity contribution >= 4 is 54.8 Å². The quantitative estimate of drug-likeness (QED) is 0.874. The first kappa shape index (κ1) is 15.9. The second-order valence-corrected chi connectivity index (χ2v) is 8.48. The van der Waals surface area contributed by atoms with Gasteiger partial charge in [-0.15, -0.1) is 11.3 Å². The predicted octanol–water partition coefficient (Wildman–Crippen LogP) is 1.92. The van der Waals surface area contributed by atoms with Gasteiger partial charge in [0.05, 0.1) is 14.9 Å². The van der Waals surface area contributed by atoms with E-state index in [1.165, 1.54) is 17.9 Å². The minimum absolute atomic E-state index is 0.0674. The van der Waals surface area contributed by atoms with Crippen LogP contribution >= 0.6 is 38.9 Å². The lowest BCUT2D eigenvalue weighted by Crippen LogP contribution is -2.43. The minimum Gasteiger partial charge on any atom is -0.347 e. The second-order valence-electron chi connectivity index (χ2n) is 3.76. The van der Waals surface area contributed by atoms with E-state index in [0.29, 0.717) is 8.81 Å². The van der Waals surface area contributed by atoms with Gasteiger partial charge in [-0.05, 0) is 28.9 Å². The average Bonchev–Trinajstić information content (AvgIpc) is 2.58. The van der Waals surface area contributed by atoms with Crippen molar-refractivity contribution in [2.45, 2.75) is 17.2 Å². The van der Waals surface area contributed by atoms with Crippen LogP contribution in [0.3, 0.4) is 0 Å². The molecule has 9 heteroatoms. The van der Waals surface area contributed by atoms with Crippen molar-refractivity contribution < 1.29 is 13.2 Å². The first-order valence-electron chi connectivity index (χ1n) is 4.83. The molecule has 18 heavy (non-hydrogen) atoms. The number of likely N-dealkylation sites (N-methyl/N-ethyl adjacent to an activating group) is 1. The molecule has 1 N–H and O–H groups in total. The van der Waals surface area contributed by atoms with Crippen molar-refractivity contribution in [3.8, 4) is 0 Å². The van der Waals surface area contributed by atoms with Gasteiger partial charge in [0.25, 0.3) is 10.0 Å². The van der Waals surface area contributed by atoms with E-state index in [0.717, 1.165) is 11.3 Å². The van der Waals surface area contributed by atoms with Gasteiger partial charge in [0.2, 0.25) is 5.91 Å². The number of sulfonamides is 1. The molecular weight excluding hydrogens is 364 g/mol. The Morgan fingerprint density at radius 3 is 2.50 bits per heavy atom. The fourth-order valence-corrected chi connectivity index (χ4v) is 4.80. The average molecular weight is 376 g/mol. The molecule has 102 valence electrons. The third-order valence-corrected chi connectivity index (χ3v) is 6.52. The summed E-state index contributed by atoms with van der Waals surface area (Å²) in [6.07, 6.45) is 0. The molecule has 1 amide bonds. The lowest BCUT2D eigenvalue weighted by Gasteiger charge is -2.17. The van der Waals surface area contributed by atoms with Gasteiger partial charge in [-0.2, -0.15) is 4.72 Å². The number of halogens is 2. The van der Waals surface area contributed by atoms with Gasteiger partial charge in [0.15, 0.2) is 0 Å². The SMILES string of the molecule is CC(NS(=O)(=O)c1cc(Cl)c(Br)s1)C(=O)N(C)C. The van der Waals surface area contributed by atoms with Crippen molar-refractivity contribution in [1.82, 2.24) is 9.62 Å². The molecule has 5 nitrogen and oxygen atoms in total. The minimum atomic E-state index is -3.73. The van der Waals surface area contributed by atoms with Gasteiger partial charge in [0.1, 0.15) is 4.21 Å². The summed E-state index contributed by atoms with van der Waals surface area (Å²) in [6.45, 7) is 1.49. The van der Waals surface area contributed by atoms with Crippen LogP contribution in [0.2, 0.25) is 5.02 Å². The van der Waals surface area contributed by atoms with Crippen molar-refractivity contribution in [2.24, 2.45) is 0 Å². The van der Waals surface area contributed by atoms with Crippen LogP contribution in [0, 0.1) is 0 Å². The number of nitrogens with zero attached hydrogens (tertiary/aromatic N) is 1. The van der Waals surface area contributed by atoms with Crippen LogP contribution in [0.1, 0.15) is 6.92 Å². The van der Waals surface area contributed by atoms with E-state index in [1.807, 2.05) is 0 Å². The Kier molecular flexibility index (Phi) is 5.19. The Morgan fingerprint density at radius 1 is 1.56 bits per heavy atom. The molecule has 1 rings (SSSR count). The topological polar surface area (TPSA) is 66.5 Å². The maximum Gasteiger partial charge on any atom is 0.250 e. The fraction of sp³-hybridized carbons (Fsp3) is 0.444. The van der Waals surface area contributed by atoms with Gasteiger partial charge in [-0.3, -0.25) is 4.79 Å². The van der Waals surface area contributed by atoms with Gasteiger partial charge >= 0.3 is 0 Å². The summed E-state index contributed by atoms with van der Waals surface area (Å²) in [5, 5.41) is 0.326. The summed E-state index contributed by atoms with van der Waals surface area (Å²) in [5.41, 5.74) is 0. The summed E-state index contributed by atoms with van der Waals surface area (Å²) in [5.74, 6) is -0.319. The molecule has 0 saturated heterocycles. The first-order valence-corrected chi connectivity index (χ1v) is 8.30. The van der Waals surface area contributed by atoms with Crippen molar-refractivity contribution in [3.05, 3.63) is 14.9 Å². The standard InChI is InChI=1S/C9H12BrClN2O3S2/c1-5(9(14)13(2)3)12-18(15,16)7-4-6(11)8(10)17-7/h4-5,12H,1-3H3. The first-order chi connectivity index (χ1) is 8.15. The van der Waals surface area contributed by atoms with E-state index >= 15 is 0 Å². The smallest absolute Gasteiger partial charge is 0.250 e. The predicted molar refractivity (Wildman–Crippen MR) is 75.5 cm³/mol. The molecule has 1 aromatic heterocycles. The third kappa shape index (κ3) is 3.67. The molecule has 1 unspecified atom stereocenters. The number of rotatable bonds is 4. The Morgan fingerprint density at radius 2 is 2.11 bits per heavy atom. The number of hydrogen-bond acceptors (Lipinski definition) is 4. The Labute approximate surface area is 123 Å². The molecule has 0 fully saturated rings. The fourth-order valence-electron chi connectivity index (χ4n) is 1.19. The number of thiophene rings is 1. The van der Waals surface area contributed by atoms with Gasteiger partial charge < -0.3 is 4.90 Å². The maximum atomic E-state index is 12.0. The van der Waals surface area contributed by atoms with Gasteiger partial charge in [0, 0.05) is 14.1 Å². The summed E-state index contributed by atoms with van der Waals surface area (Å²) < 4.78 is 26.9. The zero-order chi connectivity index (χ0) is 14.1. The highest BCUT2D eigenvalue weighted by atomic mass is 79.9. The monoisotopic (exact) mass is 374 g/mol. The number of hydrogen-bond donors (Lipinski definition) is 1. The van der Waals surface area contributed by atoms with Crippen LogP contribution in [-0.2, 0) is 14.8 Å². The number of carbonyl (C=O) groups excluding carboxylic acids is 1. The van der Waals surface area contributed by atoms with Crippen molar-refractivity contribution in [3.63, 3.8) is 0 Å². The van der Waals surface area contributed by atoms with Gasteiger partial charge in [-0.1, -0.05) is 11.6 Å². The van der Waals surface area contributed by atoms with Gasteiger partial charge in [-0.25, -0.2) is 8.42 Å². The highest BCUT2D eigenvalue weighted by Crippen LogP contribution is 2.34. The number of amides is 1. The normalized spacial score (nSPS) is 13.4. The maximum absolute atomic E-state index is 12.0. The highest BCUT2D eigenvalue weighted by molar-refractivity contribution is 9.11. The Bertz CT molecular complexity index is 537. The summed E-state index contributed by atoms with van der Waals surface area (Å²) >= 11 is 9.92. The molecule has 1 heterocycles. The molecule has 0 bridgehead atoms. The van der Waals surface area contributed by atoms with Crippen molar-refractivity contribution in [2.75, 3.05) is 14.1 Å². The van der Waals surface area contributed by atoms with Crippen LogP contribution < -0.4 is 4.72 Å². The van der Waals surface area contributed by atoms with Crippen LogP contribution in [0.4, 0.5) is 0 Å². The highest BCUT2D eigenvalue weighted by Gasteiger charge is 2.25. The molecule has 0 saturated carbocycles. The number of carbonyl (C=O) groups is 1. The van der Waals surface area contributed by atoms with E-state index in [4.69, 9.17) is 11.6 Å². The summed E-state index contributed by atoms with van der Waals surface area (Å²) in [7, 11) is -0.611. The van der Waals surface area contributed by atoms with E-state index in [9.17, 15) is 13.2 Å². The molecule has 0 aliphatic rings. The molecule has 0 spiro atoms. The van der Waals surface area contributed by atoms with E-state index < -0.39 is 16.1 Å². The van der Waals surface area contributed by atoms with Crippen LogP contribution in [0.15, 0.2) is 14.1 Å². The lowest BCUT2D eigenvalue weighted by atomic mass is 10.3. The lowest BCUT2D eigenvalue weighted by molar-refractivity contribution is -0.130.